The number of rotatable bonds is 5. The van der Waals surface area contributed by atoms with Crippen molar-refractivity contribution < 1.29 is 4.79 Å². The summed E-state index contributed by atoms with van der Waals surface area (Å²) in [7, 11) is 0. The molecule has 62 valence electrons. The number of hydrogen-bond donors (Lipinski definition) is 3. The molecule has 0 aromatic carbocycles. The number of amides is 2. The molecule has 0 saturated heterocycles. The lowest BCUT2D eigenvalue weighted by molar-refractivity contribution is 0.248. The van der Waals surface area contributed by atoms with E-state index in [1.165, 1.54) is 11.9 Å². The third kappa shape index (κ3) is 9.14. The number of terminal acetylenes is 1. The van der Waals surface area contributed by atoms with Crippen LogP contribution in [-0.2, 0) is 0 Å². The molecule has 5 heteroatoms. The van der Waals surface area contributed by atoms with Gasteiger partial charge in [0.15, 0.2) is 0 Å². The van der Waals surface area contributed by atoms with Gasteiger partial charge in [0.05, 0.1) is 0 Å². The summed E-state index contributed by atoms with van der Waals surface area (Å²) < 4.78 is 0. The Morgan fingerprint density at radius 2 is 2.45 bits per heavy atom. The van der Waals surface area contributed by atoms with Gasteiger partial charge in [-0.3, -0.25) is 5.43 Å². The molecule has 4 nitrogen and oxygen atoms in total. The number of primary amides is 1. The Labute approximate surface area is 70.4 Å². The van der Waals surface area contributed by atoms with Crippen LogP contribution in [0.1, 0.15) is 12.8 Å². The Morgan fingerprint density at radius 1 is 1.73 bits per heavy atom. The lowest BCUT2D eigenvalue weighted by Gasteiger charge is -2.01. The van der Waals surface area contributed by atoms with Crippen molar-refractivity contribution in [3.05, 3.63) is 0 Å². The highest BCUT2D eigenvalue weighted by Gasteiger charge is 1.89. The van der Waals surface area contributed by atoms with Crippen LogP contribution in [0.15, 0.2) is 0 Å². The zero-order valence-electron chi connectivity index (χ0n) is 6.09. The number of carbonyl (C=O) groups excluding carboxylic acids is 1. The molecule has 0 aromatic rings. The molecule has 0 fully saturated rings. The van der Waals surface area contributed by atoms with Crippen molar-refractivity contribution in [2.75, 3.05) is 5.75 Å². The van der Waals surface area contributed by atoms with E-state index in [0.29, 0.717) is 0 Å². The molecule has 0 aromatic heterocycles. The van der Waals surface area contributed by atoms with E-state index in [-0.39, 0.29) is 0 Å². The molecule has 0 spiro atoms. The minimum absolute atomic E-state index is 0.588. The summed E-state index contributed by atoms with van der Waals surface area (Å²) in [5.74, 6) is 3.37. The van der Waals surface area contributed by atoms with Gasteiger partial charge in [-0.25, -0.2) is 4.79 Å². The van der Waals surface area contributed by atoms with Crippen LogP contribution >= 0.6 is 11.9 Å². The molecule has 0 unspecified atom stereocenters. The van der Waals surface area contributed by atoms with Gasteiger partial charge in [-0.1, -0.05) is 11.9 Å². The second-order valence-corrected chi connectivity index (χ2v) is 2.65. The summed E-state index contributed by atoms with van der Waals surface area (Å²) in [4.78, 5) is 12.7. The molecule has 0 aliphatic heterocycles. The maximum Gasteiger partial charge on any atom is 0.327 e. The minimum atomic E-state index is -0.588. The topological polar surface area (TPSA) is 67.2 Å². The molecule has 0 atom stereocenters. The Balaban J connectivity index is 2.92. The van der Waals surface area contributed by atoms with Crippen molar-refractivity contribution in [1.29, 1.82) is 0 Å². The monoisotopic (exact) mass is 173 g/mol. The minimum Gasteiger partial charge on any atom is -0.351 e. The van der Waals surface area contributed by atoms with E-state index in [4.69, 9.17) is 12.2 Å². The van der Waals surface area contributed by atoms with E-state index in [2.05, 4.69) is 16.2 Å². The van der Waals surface area contributed by atoms with Crippen LogP contribution in [0.2, 0.25) is 0 Å². The van der Waals surface area contributed by atoms with Crippen LogP contribution < -0.4 is 16.0 Å². The number of nitrogens with two attached hydrogens (primary N) is 1. The Bertz CT molecular complexity index is 154. The maximum atomic E-state index is 10.1. The fourth-order valence-corrected chi connectivity index (χ4v) is 0.947. The van der Waals surface area contributed by atoms with Crippen molar-refractivity contribution in [3.8, 4) is 12.3 Å². The third-order valence-electron chi connectivity index (χ3n) is 0.814. The summed E-state index contributed by atoms with van der Waals surface area (Å²) in [6.45, 7) is 0. The van der Waals surface area contributed by atoms with Crippen LogP contribution in [0, 0.1) is 12.3 Å². The average Bonchev–Trinajstić information content (AvgIpc) is 1.96. The second-order valence-electron chi connectivity index (χ2n) is 1.75. The lowest BCUT2D eigenvalue weighted by Crippen LogP contribution is -2.37. The molecular formula is C6H11N3OS. The number of carbonyl (C=O) groups is 1. The van der Waals surface area contributed by atoms with Crippen molar-refractivity contribution in [2.45, 2.75) is 12.8 Å². The maximum absolute atomic E-state index is 10.1. The molecule has 0 bridgehead atoms. The first-order valence-corrected chi connectivity index (χ1v) is 4.11. The Morgan fingerprint density at radius 3 is 3.00 bits per heavy atom. The standard InChI is InChI=1S/C6H11N3OS/c1-2-3-4-5-11-9-8-6(7)10/h1,9H,3-5H2,(H3,7,8,10). The molecule has 2 amide bonds. The first kappa shape index (κ1) is 10.1. The van der Waals surface area contributed by atoms with Crippen LogP contribution in [0.4, 0.5) is 4.79 Å². The first-order chi connectivity index (χ1) is 5.27. The molecule has 0 saturated carbocycles. The predicted octanol–water partition coefficient (Wildman–Crippen LogP) is 0.221. The van der Waals surface area contributed by atoms with Gasteiger partial charge in [-0.2, -0.15) is 4.83 Å². The van der Waals surface area contributed by atoms with Gasteiger partial charge in [0, 0.05) is 12.2 Å². The predicted molar refractivity (Wildman–Crippen MR) is 46.4 cm³/mol. The molecule has 0 heterocycles. The molecule has 0 aliphatic carbocycles. The van der Waals surface area contributed by atoms with Crippen LogP contribution in [0.5, 0.6) is 0 Å². The number of urea groups is 1. The van der Waals surface area contributed by atoms with E-state index in [9.17, 15) is 4.79 Å². The van der Waals surface area contributed by atoms with E-state index in [0.717, 1.165) is 18.6 Å². The fourth-order valence-electron chi connectivity index (χ4n) is 0.384. The molecule has 0 rings (SSSR count). The van der Waals surface area contributed by atoms with Gasteiger partial charge >= 0.3 is 6.03 Å². The highest BCUT2D eigenvalue weighted by molar-refractivity contribution is 7.97. The lowest BCUT2D eigenvalue weighted by atomic mass is 10.4. The summed E-state index contributed by atoms with van der Waals surface area (Å²) in [6, 6.07) is -0.588. The normalized spacial score (nSPS) is 8.64. The molecular weight excluding hydrogens is 162 g/mol. The van der Waals surface area contributed by atoms with Crippen molar-refractivity contribution in [1.82, 2.24) is 10.3 Å². The number of hydrogen-bond acceptors (Lipinski definition) is 3. The second kappa shape index (κ2) is 7.25. The van der Waals surface area contributed by atoms with Crippen molar-refractivity contribution >= 4 is 18.0 Å². The average molecular weight is 173 g/mol. The van der Waals surface area contributed by atoms with Crippen LogP contribution in [0.3, 0.4) is 0 Å². The summed E-state index contributed by atoms with van der Waals surface area (Å²) in [6.07, 6.45) is 6.70. The van der Waals surface area contributed by atoms with Gasteiger partial charge in [0.1, 0.15) is 0 Å². The largest absolute Gasteiger partial charge is 0.351 e. The smallest absolute Gasteiger partial charge is 0.327 e. The number of hydrazine groups is 1. The number of unbranched alkanes of at least 4 members (excludes halogenated alkanes) is 1. The van der Waals surface area contributed by atoms with Gasteiger partial charge in [-0.15, -0.1) is 12.3 Å². The zero-order chi connectivity index (χ0) is 8.53. The van der Waals surface area contributed by atoms with E-state index < -0.39 is 6.03 Å². The highest BCUT2D eigenvalue weighted by Crippen LogP contribution is 1.96. The van der Waals surface area contributed by atoms with E-state index in [1.807, 2.05) is 0 Å². The van der Waals surface area contributed by atoms with Gasteiger partial charge in [0.25, 0.3) is 0 Å². The molecule has 0 aliphatic rings. The van der Waals surface area contributed by atoms with Gasteiger partial charge in [-0.05, 0) is 6.42 Å². The van der Waals surface area contributed by atoms with Crippen LogP contribution in [0.25, 0.3) is 0 Å². The number of nitrogens with one attached hydrogen (secondary N) is 2. The summed E-state index contributed by atoms with van der Waals surface area (Å²) in [5, 5.41) is 0. The highest BCUT2D eigenvalue weighted by atomic mass is 32.2. The van der Waals surface area contributed by atoms with E-state index >= 15 is 0 Å². The summed E-state index contributed by atoms with van der Waals surface area (Å²) >= 11 is 1.36. The molecule has 4 N–H and O–H groups in total. The van der Waals surface area contributed by atoms with E-state index in [1.54, 1.807) is 0 Å². The first-order valence-electron chi connectivity index (χ1n) is 3.13. The molecule has 11 heavy (non-hydrogen) atoms. The summed E-state index contributed by atoms with van der Waals surface area (Å²) in [5.41, 5.74) is 7.00. The molecule has 0 radical (unpaired) electrons. The van der Waals surface area contributed by atoms with Crippen molar-refractivity contribution in [3.63, 3.8) is 0 Å². The van der Waals surface area contributed by atoms with Crippen LogP contribution in [-0.4, -0.2) is 11.8 Å². The SMILES string of the molecule is C#CCCCSNNC(N)=O. The Hall–Kier alpha value is -0.860. The quantitative estimate of drug-likeness (QED) is 0.241. The fraction of sp³-hybridized carbons (Fsp3) is 0.500. The van der Waals surface area contributed by atoms with Gasteiger partial charge in [0.2, 0.25) is 0 Å². The van der Waals surface area contributed by atoms with Gasteiger partial charge < -0.3 is 5.73 Å². The third-order valence-corrected chi connectivity index (χ3v) is 1.55. The zero-order valence-corrected chi connectivity index (χ0v) is 6.91. The Kier molecular flexibility index (Phi) is 6.68. The van der Waals surface area contributed by atoms with Crippen molar-refractivity contribution in [2.24, 2.45) is 5.73 Å².